The molecule has 1 fully saturated rings. The third-order valence-corrected chi connectivity index (χ3v) is 5.84. The maximum atomic E-state index is 12.8. The number of hydrazine groups is 1. The number of rotatable bonds is 5. The lowest BCUT2D eigenvalue weighted by Crippen LogP contribution is -2.44. The standard InChI is InChI=1S/C19H15BrN2O4S2/c1-25-14-9-5-6-11(16(14)26-2)10-15-18(24)22(19(27)28-15)21-17(23)12-7-3-4-8-13(12)20/h3-10H,1-2H3,(H,21,23). The van der Waals surface area contributed by atoms with E-state index in [-0.39, 0.29) is 4.32 Å². The molecule has 6 nitrogen and oxygen atoms in total. The fourth-order valence-electron chi connectivity index (χ4n) is 2.54. The molecule has 0 atom stereocenters. The Bertz CT molecular complexity index is 994. The van der Waals surface area contributed by atoms with Crippen LogP contribution in [0.5, 0.6) is 11.5 Å². The van der Waals surface area contributed by atoms with E-state index in [9.17, 15) is 9.59 Å². The van der Waals surface area contributed by atoms with Crippen molar-refractivity contribution in [3.63, 3.8) is 0 Å². The summed E-state index contributed by atoms with van der Waals surface area (Å²) >= 11 is 9.69. The van der Waals surface area contributed by atoms with Gasteiger partial charge in [-0.15, -0.1) is 0 Å². The van der Waals surface area contributed by atoms with Crippen LogP contribution in [-0.4, -0.2) is 35.4 Å². The number of para-hydroxylation sites is 1. The molecule has 0 bridgehead atoms. The van der Waals surface area contributed by atoms with E-state index >= 15 is 0 Å². The molecule has 0 radical (unpaired) electrons. The average Bonchev–Trinajstić information content (AvgIpc) is 2.95. The molecule has 3 rings (SSSR count). The fourth-order valence-corrected chi connectivity index (χ4v) is 4.17. The van der Waals surface area contributed by atoms with Gasteiger partial charge in [0.1, 0.15) is 0 Å². The Balaban J connectivity index is 1.85. The van der Waals surface area contributed by atoms with E-state index in [0.717, 1.165) is 16.8 Å². The largest absolute Gasteiger partial charge is 0.493 e. The Labute approximate surface area is 180 Å². The molecular weight excluding hydrogens is 464 g/mol. The van der Waals surface area contributed by atoms with E-state index in [4.69, 9.17) is 21.7 Å². The number of ether oxygens (including phenoxy) is 2. The molecule has 1 aliphatic heterocycles. The van der Waals surface area contributed by atoms with E-state index in [2.05, 4.69) is 21.4 Å². The number of carbonyl (C=O) groups excluding carboxylic acids is 2. The van der Waals surface area contributed by atoms with Crippen LogP contribution < -0.4 is 14.9 Å². The molecule has 2 aromatic rings. The van der Waals surface area contributed by atoms with Gasteiger partial charge in [0.25, 0.3) is 11.8 Å². The van der Waals surface area contributed by atoms with E-state index < -0.39 is 11.8 Å². The highest BCUT2D eigenvalue weighted by Crippen LogP contribution is 2.36. The molecule has 0 aliphatic carbocycles. The zero-order valence-corrected chi connectivity index (χ0v) is 18.1. The summed E-state index contributed by atoms with van der Waals surface area (Å²) in [5.74, 6) is 0.200. The molecule has 0 spiro atoms. The summed E-state index contributed by atoms with van der Waals surface area (Å²) in [6.07, 6.45) is 1.66. The maximum absolute atomic E-state index is 12.8. The quantitative estimate of drug-likeness (QED) is 0.517. The van der Waals surface area contributed by atoms with Crippen molar-refractivity contribution < 1.29 is 19.1 Å². The normalized spacial score (nSPS) is 15.1. The van der Waals surface area contributed by atoms with Crippen LogP contribution in [0.4, 0.5) is 0 Å². The number of thioether (sulfide) groups is 1. The summed E-state index contributed by atoms with van der Waals surface area (Å²) in [4.78, 5) is 25.6. The van der Waals surface area contributed by atoms with E-state index in [1.165, 1.54) is 7.11 Å². The van der Waals surface area contributed by atoms with Gasteiger partial charge >= 0.3 is 0 Å². The second kappa shape index (κ2) is 8.76. The zero-order valence-electron chi connectivity index (χ0n) is 14.9. The van der Waals surface area contributed by atoms with Crippen molar-refractivity contribution in [2.45, 2.75) is 0 Å². The van der Waals surface area contributed by atoms with Crippen LogP contribution in [0.25, 0.3) is 6.08 Å². The summed E-state index contributed by atoms with van der Waals surface area (Å²) in [5.41, 5.74) is 3.62. The SMILES string of the molecule is COc1cccc(C=C2SC(=S)N(NC(=O)c3ccccc3Br)C2=O)c1OC. The van der Waals surface area contributed by atoms with Crippen molar-refractivity contribution >= 4 is 62.1 Å². The van der Waals surface area contributed by atoms with E-state index in [0.29, 0.717) is 32.0 Å². The van der Waals surface area contributed by atoms with Gasteiger partial charge in [0.2, 0.25) is 0 Å². The Morgan fingerprint density at radius 3 is 2.61 bits per heavy atom. The molecule has 0 saturated carbocycles. The number of benzene rings is 2. The van der Waals surface area contributed by atoms with Crippen LogP contribution >= 0.6 is 39.9 Å². The second-order valence-corrected chi connectivity index (χ2v) is 8.05. The minimum absolute atomic E-state index is 0.235. The Morgan fingerprint density at radius 1 is 1.18 bits per heavy atom. The summed E-state index contributed by atoms with van der Waals surface area (Å²) < 4.78 is 11.5. The number of hydrogen-bond donors (Lipinski definition) is 1. The van der Waals surface area contributed by atoms with Gasteiger partial charge in [-0.2, -0.15) is 5.01 Å². The van der Waals surface area contributed by atoms with Gasteiger partial charge < -0.3 is 9.47 Å². The molecule has 1 aliphatic rings. The summed E-state index contributed by atoms with van der Waals surface area (Å²) in [5, 5.41) is 1.07. The maximum Gasteiger partial charge on any atom is 0.285 e. The predicted molar refractivity (Wildman–Crippen MR) is 116 cm³/mol. The van der Waals surface area contributed by atoms with Crippen LogP contribution in [0.3, 0.4) is 0 Å². The lowest BCUT2D eigenvalue weighted by Gasteiger charge is -2.16. The summed E-state index contributed by atoms with van der Waals surface area (Å²) in [6, 6.07) is 12.3. The van der Waals surface area contributed by atoms with Crippen LogP contribution in [0, 0.1) is 0 Å². The minimum atomic E-state index is -0.441. The topological polar surface area (TPSA) is 67.9 Å². The first kappa shape index (κ1) is 20.4. The molecule has 28 heavy (non-hydrogen) atoms. The third kappa shape index (κ3) is 4.06. The first-order valence-corrected chi connectivity index (χ1v) is 10.0. The van der Waals surface area contributed by atoms with Crippen molar-refractivity contribution in [2.24, 2.45) is 0 Å². The van der Waals surface area contributed by atoms with Crippen LogP contribution in [0.1, 0.15) is 15.9 Å². The lowest BCUT2D eigenvalue weighted by atomic mass is 10.1. The van der Waals surface area contributed by atoms with E-state index in [1.54, 1.807) is 55.7 Å². The number of carbonyl (C=O) groups is 2. The third-order valence-electron chi connectivity index (χ3n) is 3.85. The molecule has 0 aromatic heterocycles. The van der Waals surface area contributed by atoms with Crippen molar-refractivity contribution in [2.75, 3.05) is 14.2 Å². The molecular formula is C19H15BrN2O4S2. The van der Waals surface area contributed by atoms with Crippen molar-refractivity contribution in [1.29, 1.82) is 0 Å². The van der Waals surface area contributed by atoms with Gasteiger partial charge in [0.05, 0.1) is 24.7 Å². The number of nitrogens with one attached hydrogen (secondary N) is 1. The van der Waals surface area contributed by atoms with Crippen molar-refractivity contribution in [3.05, 3.63) is 63.0 Å². The number of amides is 2. The highest BCUT2D eigenvalue weighted by atomic mass is 79.9. The predicted octanol–water partition coefficient (Wildman–Crippen LogP) is 4.01. The first-order chi connectivity index (χ1) is 13.5. The molecule has 9 heteroatoms. The fraction of sp³-hybridized carbons (Fsp3) is 0.105. The molecule has 144 valence electrons. The lowest BCUT2D eigenvalue weighted by molar-refractivity contribution is -0.123. The first-order valence-electron chi connectivity index (χ1n) is 8.00. The molecule has 1 N–H and O–H groups in total. The monoisotopic (exact) mass is 478 g/mol. The highest BCUT2D eigenvalue weighted by Gasteiger charge is 2.34. The van der Waals surface area contributed by atoms with Gasteiger partial charge in [0, 0.05) is 10.0 Å². The molecule has 1 heterocycles. The zero-order chi connectivity index (χ0) is 20.3. The Hall–Kier alpha value is -2.36. The van der Waals surface area contributed by atoms with E-state index in [1.807, 2.05) is 0 Å². The van der Waals surface area contributed by atoms with Gasteiger partial charge in [-0.1, -0.05) is 36.0 Å². The number of halogens is 1. The smallest absolute Gasteiger partial charge is 0.285 e. The van der Waals surface area contributed by atoms with Crippen LogP contribution in [0.2, 0.25) is 0 Å². The van der Waals surface area contributed by atoms with Crippen LogP contribution in [-0.2, 0) is 4.79 Å². The van der Waals surface area contributed by atoms with Gasteiger partial charge in [0.15, 0.2) is 15.8 Å². The van der Waals surface area contributed by atoms with Crippen molar-refractivity contribution in [3.8, 4) is 11.5 Å². The Morgan fingerprint density at radius 2 is 1.93 bits per heavy atom. The Kier molecular flexibility index (Phi) is 6.38. The van der Waals surface area contributed by atoms with Gasteiger partial charge in [-0.25, -0.2) is 0 Å². The number of hydrogen-bond acceptors (Lipinski definition) is 6. The number of thiocarbonyl (C=S) groups is 1. The second-order valence-electron chi connectivity index (χ2n) is 5.52. The number of methoxy groups -OCH3 is 2. The average molecular weight is 479 g/mol. The minimum Gasteiger partial charge on any atom is -0.493 e. The molecule has 0 unspecified atom stereocenters. The highest BCUT2D eigenvalue weighted by molar-refractivity contribution is 9.10. The molecule has 2 aromatic carbocycles. The van der Waals surface area contributed by atoms with Crippen LogP contribution in [0.15, 0.2) is 51.8 Å². The summed E-state index contributed by atoms with van der Waals surface area (Å²) in [6.45, 7) is 0. The van der Waals surface area contributed by atoms with Gasteiger partial charge in [-0.05, 0) is 52.4 Å². The van der Waals surface area contributed by atoms with Crippen molar-refractivity contribution in [1.82, 2.24) is 10.4 Å². The molecule has 2 amide bonds. The summed E-state index contributed by atoms with van der Waals surface area (Å²) in [7, 11) is 3.07. The number of nitrogens with zero attached hydrogens (tertiary/aromatic N) is 1. The van der Waals surface area contributed by atoms with Gasteiger partial charge in [-0.3, -0.25) is 15.0 Å². The molecule has 1 saturated heterocycles.